The summed E-state index contributed by atoms with van der Waals surface area (Å²) in [7, 11) is 2.81. The molecule has 1 saturated heterocycles. The molecule has 0 spiro atoms. The fourth-order valence-corrected chi connectivity index (χ4v) is 4.53. The summed E-state index contributed by atoms with van der Waals surface area (Å²) in [5, 5.41) is 2.63. The highest BCUT2D eigenvalue weighted by Crippen LogP contribution is 2.34. The zero-order valence-electron chi connectivity index (χ0n) is 21.0. The molecule has 0 aliphatic carbocycles. The zero-order valence-corrected chi connectivity index (χ0v) is 21.0. The van der Waals surface area contributed by atoms with Crippen molar-refractivity contribution in [1.82, 2.24) is 38.6 Å². The van der Waals surface area contributed by atoms with Crippen LogP contribution in [0.15, 0.2) is 40.7 Å². The van der Waals surface area contributed by atoms with Gasteiger partial charge in [-0.2, -0.15) is 13.2 Å². The van der Waals surface area contributed by atoms with Crippen molar-refractivity contribution in [2.24, 2.45) is 14.1 Å². The number of imidazole rings is 1. The van der Waals surface area contributed by atoms with Crippen molar-refractivity contribution < 1.29 is 18.0 Å². The van der Waals surface area contributed by atoms with Crippen molar-refractivity contribution in [3.63, 3.8) is 0 Å². The number of rotatable bonds is 5. The van der Waals surface area contributed by atoms with Crippen molar-refractivity contribution in [1.29, 1.82) is 0 Å². The first-order chi connectivity index (χ1) is 18.5. The minimum absolute atomic E-state index is 0.0121. The highest BCUT2D eigenvalue weighted by atomic mass is 19.4. The number of aromatic nitrogens is 8. The van der Waals surface area contributed by atoms with E-state index in [-0.39, 0.29) is 41.6 Å². The average Bonchev–Trinajstić information content (AvgIpc) is 3.59. The summed E-state index contributed by atoms with van der Waals surface area (Å²) in [6.45, 7) is 1.76. The fourth-order valence-electron chi connectivity index (χ4n) is 4.53. The van der Waals surface area contributed by atoms with Gasteiger partial charge in [-0.25, -0.2) is 24.7 Å². The van der Waals surface area contributed by atoms with Crippen molar-refractivity contribution in [2.45, 2.75) is 38.0 Å². The molecule has 204 valence electrons. The lowest BCUT2D eigenvalue weighted by atomic mass is 10.2. The van der Waals surface area contributed by atoms with Gasteiger partial charge in [0.2, 0.25) is 11.9 Å². The fraction of sp³-hybridized carbons (Fsp3) is 0.391. The first-order valence-electron chi connectivity index (χ1n) is 11.9. The highest BCUT2D eigenvalue weighted by molar-refractivity contribution is 5.93. The van der Waals surface area contributed by atoms with Gasteiger partial charge in [-0.1, -0.05) is 0 Å². The smallest absolute Gasteiger partial charge is 0.329 e. The number of aryl methyl sites for hydroxylation is 1. The molecule has 39 heavy (non-hydrogen) atoms. The van der Waals surface area contributed by atoms with Crippen LogP contribution in [0.1, 0.15) is 25.8 Å². The van der Waals surface area contributed by atoms with Crippen LogP contribution in [-0.4, -0.2) is 63.3 Å². The molecule has 0 saturated carbocycles. The molecule has 1 N–H and O–H groups in total. The Kier molecular flexibility index (Phi) is 6.40. The van der Waals surface area contributed by atoms with E-state index in [0.717, 1.165) is 9.47 Å². The average molecular weight is 544 g/mol. The van der Waals surface area contributed by atoms with E-state index in [9.17, 15) is 27.6 Å². The maximum Gasteiger partial charge on any atom is 0.408 e. The van der Waals surface area contributed by atoms with Crippen molar-refractivity contribution >= 4 is 28.8 Å². The first kappa shape index (κ1) is 26.0. The minimum Gasteiger partial charge on any atom is -0.329 e. The van der Waals surface area contributed by atoms with Crippen LogP contribution in [0.25, 0.3) is 22.4 Å². The summed E-state index contributed by atoms with van der Waals surface area (Å²) < 4.78 is 43.4. The largest absolute Gasteiger partial charge is 0.408 e. The minimum atomic E-state index is -4.37. The number of halogens is 3. The van der Waals surface area contributed by atoms with E-state index in [2.05, 4.69) is 30.2 Å². The van der Waals surface area contributed by atoms with E-state index in [0.29, 0.717) is 12.0 Å². The number of carbonyl (C=O) groups is 1. The summed E-state index contributed by atoms with van der Waals surface area (Å²) in [5.41, 5.74) is -0.222. The Morgan fingerprint density at radius 1 is 1.08 bits per heavy atom. The number of alkyl halides is 3. The van der Waals surface area contributed by atoms with Crippen molar-refractivity contribution in [2.75, 3.05) is 16.8 Å². The van der Waals surface area contributed by atoms with E-state index in [1.54, 1.807) is 6.92 Å². The van der Waals surface area contributed by atoms with Crippen LogP contribution in [-0.2, 0) is 18.9 Å². The number of fused-ring (bicyclic) bond motifs is 1. The SMILES string of the molecule is CC(C(=O)Nc1cncc(-c2cnc(N3CCC[C@H]3C(F)(F)F)nc2)n1)n1cnc2c1c(=O)n(C)c(=O)n2C. The second kappa shape index (κ2) is 9.59. The Balaban J connectivity index is 1.35. The lowest BCUT2D eigenvalue weighted by Gasteiger charge is -2.26. The summed E-state index contributed by atoms with van der Waals surface area (Å²) in [6, 6.07) is -2.53. The molecule has 1 amide bonds. The number of amides is 1. The van der Waals surface area contributed by atoms with Crippen LogP contribution in [0, 0.1) is 0 Å². The van der Waals surface area contributed by atoms with Gasteiger partial charge in [-0.05, 0) is 19.8 Å². The van der Waals surface area contributed by atoms with E-state index in [4.69, 9.17) is 0 Å². The third-order valence-electron chi connectivity index (χ3n) is 6.68. The molecule has 4 aromatic heterocycles. The second-order valence-corrected chi connectivity index (χ2v) is 9.15. The number of anilines is 2. The number of hydrogen-bond donors (Lipinski definition) is 1. The molecule has 16 heteroatoms. The predicted octanol–water partition coefficient (Wildman–Crippen LogP) is 1.41. The van der Waals surface area contributed by atoms with Gasteiger partial charge in [0, 0.05) is 38.6 Å². The Labute approximate surface area is 218 Å². The van der Waals surface area contributed by atoms with Gasteiger partial charge in [0.05, 0.1) is 24.4 Å². The Morgan fingerprint density at radius 2 is 1.79 bits per heavy atom. The third-order valence-corrected chi connectivity index (χ3v) is 6.68. The Morgan fingerprint density at radius 3 is 2.49 bits per heavy atom. The molecule has 1 unspecified atom stereocenters. The first-order valence-corrected chi connectivity index (χ1v) is 11.9. The van der Waals surface area contributed by atoms with Gasteiger partial charge in [-0.3, -0.25) is 23.7 Å². The van der Waals surface area contributed by atoms with Gasteiger partial charge < -0.3 is 14.8 Å². The van der Waals surface area contributed by atoms with Crippen LogP contribution < -0.4 is 21.5 Å². The maximum absolute atomic E-state index is 13.3. The molecule has 2 atom stereocenters. The van der Waals surface area contributed by atoms with Gasteiger partial charge >= 0.3 is 11.9 Å². The summed E-state index contributed by atoms with van der Waals surface area (Å²) in [5.74, 6) is -0.466. The van der Waals surface area contributed by atoms with E-state index in [1.807, 2.05) is 0 Å². The van der Waals surface area contributed by atoms with Gasteiger partial charge in [0.25, 0.3) is 5.56 Å². The van der Waals surface area contributed by atoms with Gasteiger partial charge in [0.1, 0.15) is 12.1 Å². The molecule has 5 rings (SSSR count). The van der Waals surface area contributed by atoms with Crippen LogP contribution in [0.2, 0.25) is 0 Å². The number of carbonyl (C=O) groups excluding carboxylic acids is 1. The molecule has 13 nitrogen and oxygen atoms in total. The predicted molar refractivity (Wildman–Crippen MR) is 133 cm³/mol. The normalized spacial score (nSPS) is 16.6. The van der Waals surface area contributed by atoms with Crippen LogP contribution in [0.5, 0.6) is 0 Å². The Bertz CT molecular complexity index is 1680. The molecule has 5 heterocycles. The summed E-state index contributed by atoms with van der Waals surface area (Å²) in [6.07, 6.45) is 2.73. The topological polar surface area (TPSA) is 146 Å². The monoisotopic (exact) mass is 544 g/mol. The van der Waals surface area contributed by atoms with Crippen molar-refractivity contribution in [3.8, 4) is 11.3 Å². The van der Waals surface area contributed by atoms with E-state index in [1.165, 1.54) is 54.3 Å². The van der Waals surface area contributed by atoms with Crippen molar-refractivity contribution in [3.05, 3.63) is 52.0 Å². The molecule has 0 radical (unpaired) electrons. The number of hydrogen-bond acceptors (Lipinski definition) is 9. The summed E-state index contributed by atoms with van der Waals surface area (Å²) >= 11 is 0. The zero-order chi connectivity index (χ0) is 28.1. The quantitative estimate of drug-likeness (QED) is 0.394. The van der Waals surface area contributed by atoms with Crippen LogP contribution in [0.4, 0.5) is 24.9 Å². The molecule has 0 bridgehead atoms. The molecule has 4 aromatic rings. The molecular formula is C23H23F3N10O3. The standard InChI is InChI=1S/C23H23F3N10O3/c1-12(36-11-30-18-17(36)20(38)34(3)22(39)33(18)2)19(37)32-16-10-27-9-14(31-16)13-7-28-21(29-8-13)35-6-4-5-15(35)23(24,25)26/h7-12,15H,4-6H2,1-3H3,(H,31,32,37)/t12?,15-/m0/s1. The number of nitrogens with one attached hydrogen (secondary N) is 1. The van der Waals surface area contributed by atoms with Gasteiger partial charge in [-0.15, -0.1) is 0 Å². The molecule has 0 aromatic carbocycles. The lowest BCUT2D eigenvalue weighted by molar-refractivity contribution is -0.146. The third kappa shape index (κ3) is 4.61. The second-order valence-electron chi connectivity index (χ2n) is 9.15. The molecule has 1 aliphatic rings. The lowest BCUT2D eigenvalue weighted by Crippen LogP contribution is -2.42. The van der Waals surface area contributed by atoms with E-state index >= 15 is 0 Å². The van der Waals surface area contributed by atoms with E-state index < -0.39 is 35.4 Å². The number of nitrogens with zero attached hydrogens (tertiary/aromatic N) is 9. The molecule has 1 fully saturated rings. The maximum atomic E-state index is 13.3. The molecule has 1 aliphatic heterocycles. The Hall–Kier alpha value is -4.63. The van der Waals surface area contributed by atoms with Crippen LogP contribution >= 0.6 is 0 Å². The van der Waals surface area contributed by atoms with Gasteiger partial charge in [0.15, 0.2) is 17.0 Å². The molecular weight excluding hydrogens is 521 g/mol. The summed E-state index contributed by atoms with van der Waals surface area (Å²) in [4.78, 5) is 59.8. The van der Waals surface area contributed by atoms with Crippen LogP contribution in [0.3, 0.4) is 0 Å². The highest BCUT2D eigenvalue weighted by Gasteiger charge is 2.46.